The van der Waals surface area contributed by atoms with Crippen LogP contribution in [0.4, 0.5) is 11.4 Å². The molecule has 152 valence electrons. The van der Waals surface area contributed by atoms with Gasteiger partial charge in [0.1, 0.15) is 6.33 Å². The Hall–Kier alpha value is -2.06. The van der Waals surface area contributed by atoms with Gasteiger partial charge in [-0.15, -0.1) is 10.2 Å². The number of benzene rings is 1. The van der Waals surface area contributed by atoms with Gasteiger partial charge in [0.05, 0.1) is 18.5 Å². The number of carbonyl (C=O) groups excluding carboxylic acids is 1. The molecule has 1 atom stereocenters. The van der Waals surface area contributed by atoms with Crippen molar-refractivity contribution in [2.45, 2.75) is 50.1 Å². The molecule has 3 rings (SSSR count). The average Bonchev–Trinajstić information content (AvgIpc) is 3.16. The summed E-state index contributed by atoms with van der Waals surface area (Å²) < 4.78 is 7.42. The predicted molar refractivity (Wildman–Crippen MR) is 113 cm³/mol. The van der Waals surface area contributed by atoms with E-state index in [0.29, 0.717) is 0 Å². The van der Waals surface area contributed by atoms with Crippen molar-refractivity contribution in [2.75, 3.05) is 36.5 Å². The van der Waals surface area contributed by atoms with Gasteiger partial charge >= 0.3 is 0 Å². The summed E-state index contributed by atoms with van der Waals surface area (Å²) >= 11 is 1.44. The third-order valence-electron chi connectivity index (χ3n) is 4.75. The Labute approximate surface area is 170 Å². The Morgan fingerprint density at radius 1 is 1.25 bits per heavy atom. The third-order valence-corrected chi connectivity index (χ3v) is 5.84. The highest BCUT2D eigenvalue weighted by molar-refractivity contribution is 8.00. The number of carbonyl (C=O) groups is 1. The van der Waals surface area contributed by atoms with E-state index < -0.39 is 0 Å². The van der Waals surface area contributed by atoms with E-state index in [1.807, 2.05) is 35.8 Å². The first-order valence-corrected chi connectivity index (χ1v) is 10.8. The molecule has 1 fully saturated rings. The lowest BCUT2D eigenvalue weighted by molar-refractivity contribution is -0.115. The molecule has 0 saturated carbocycles. The molecule has 1 N–H and O–H groups in total. The molecule has 1 saturated heterocycles. The minimum atomic E-state index is -0.256. The molecule has 7 nitrogen and oxygen atoms in total. The van der Waals surface area contributed by atoms with Crippen LogP contribution in [0.2, 0.25) is 0 Å². The van der Waals surface area contributed by atoms with Crippen LogP contribution in [0.3, 0.4) is 0 Å². The topological polar surface area (TPSA) is 72.3 Å². The molecule has 0 radical (unpaired) electrons. The van der Waals surface area contributed by atoms with Crippen molar-refractivity contribution < 1.29 is 9.53 Å². The van der Waals surface area contributed by atoms with Crippen LogP contribution in [-0.4, -0.2) is 52.2 Å². The Morgan fingerprint density at radius 2 is 2.00 bits per heavy atom. The highest BCUT2D eigenvalue weighted by Crippen LogP contribution is 2.24. The van der Waals surface area contributed by atoms with E-state index in [-0.39, 0.29) is 11.2 Å². The zero-order valence-corrected chi connectivity index (χ0v) is 17.5. The van der Waals surface area contributed by atoms with Gasteiger partial charge in [-0.1, -0.05) is 31.5 Å². The molecule has 8 heteroatoms. The van der Waals surface area contributed by atoms with Crippen LogP contribution < -0.4 is 10.2 Å². The number of amides is 1. The number of hydrogen-bond acceptors (Lipinski definition) is 6. The number of ether oxygens (including phenoxy) is 1. The summed E-state index contributed by atoms with van der Waals surface area (Å²) in [5.41, 5.74) is 1.96. The second kappa shape index (κ2) is 10.5. The van der Waals surface area contributed by atoms with E-state index in [1.54, 1.807) is 6.33 Å². The second-order valence-electron chi connectivity index (χ2n) is 6.91. The molecule has 2 aromatic rings. The van der Waals surface area contributed by atoms with E-state index in [4.69, 9.17) is 4.74 Å². The Bertz CT molecular complexity index is 743. The number of nitrogens with one attached hydrogen (secondary N) is 1. The minimum absolute atomic E-state index is 0.0350. The molecule has 0 spiro atoms. The molecule has 1 aromatic carbocycles. The number of morpholine rings is 1. The molecule has 0 unspecified atom stereocenters. The monoisotopic (exact) mass is 403 g/mol. The maximum absolute atomic E-state index is 12.6. The molecule has 0 aliphatic carbocycles. The Balaban J connectivity index is 1.52. The van der Waals surface area contributed by atoms with Gasteiger partial charge in [0.15, 0.2) is 5.16 Å². The van der Waals surface area contributed by atoms with Gasteiger partial charge < -0.3 is 19.5 Å². The fraction of sp³-hybridized carbons (Fsp3) is 0.550. The average molecular weight is 404 g/mol. The van der Waals surface area contributed by atoms with Crippen LogP contribution in [0.1, 0.15) is 33.1 Å². The van der Waals surface area contributed by atoms with Crippen molar-refractivity contribution in [3.63, 3.8) is 0 Å². The lowest BCUT2D eigenvalue weighted by Gasteiger charge is -2.28. The maximum Gasteiger partial charge on any atom is 0.237 e. The van der Waals surface area contributed by atoms with E-state index in [9.17, 15) is 4.79 Å². The van der Waals surface area contributed by atoms with Gasteiger partial charge in [-0.25, -0.2) is 0 Å². The van der Waals surface area contributed by atoms with Crippen molar-refractivity contribution in [3.05, 3.63) is 30.6 Å². The molecular formula is C20H29N5O2S. The summed E-state index contributed by atoms with van der Waals surface area (Å²) in [6.45, 7) is 8.29. The van der Waals surface area contributed by atoms with E-state index in [0.717, 1.165) is 55.8 Å². The van der Waals surface area contributed by atoms with Gasteiger partial charge in [-0.05, 0) is 37.6 Å². The predicted octanol–water partition coefficient (Wildman–Crippen LogP) is 3.42. The van der Waals surface area contributed by atoms with Crippen LogP contribution in [-0.2, 0) is 16.1 Å². The first kappa shape index (κ1) is 20.7. The first-order chi connectivity index (χ1) is 13.7. The number of nitrogens with zero attached hydrogens (tertiary/aromatic N) is 4. The summed E-state index contributed by atoms with van der Waals surface area (Å²) in [5, 5.41) is 11.7. The molecule has 0 bridgehead atoms. The van der Waals surface area contributed by atoms with E-state index >= 15 is 0 Å². The molecule has 28 heavy (non-hydrogen) atoms. The minimum Gasteiger partial charge on any atom is -0.378 e. The van der Waals surface area contributed by atoms with Crippen molar-refractivity contribution in [1.29, 1.82) is 0 Å². The van der Waals surface area contributed by atoms with Crippen LogP contribution in [0.5, 0.6) is 0 Å². The molecule has 1 aliphatic rings. The molecule has 1 aliphatic heterocycles. The normalized spacial score (nSPS) is 15.4. The lowest BCUT2D eigenvalue weighted by atomic mass is 10.2. The van der Waals surface area contributed by atoms with E-state index in [1.165, 1.54) is 24.6 Å². The SMILES string of the molecule is CCCCCn1cnnc1S[C@H](C)C(=O)Nc1ccc(N2CCOCC2)cc1. The largest absolute Gasteiger partial charge is 0.378 e. The Morgan fingerprint density at radius 3 is 2.71 bits per heavy atom. The maximum atomic E-state index is 12.6. The zero-order valence-electron chi connectivity index (χ0n) is 16.6. The molecule has 1 amide bonds. The van der Waals surface area contributed by atoms with E-state index in [2.05, 4.69) is 27.3 Å². The number of anilines is 2. The van der Waals surface area contributed by atoms with Gasteiger partial charge in [0.2, 0.25) is 5.91 Å². The fourth-order valence-corrected chi connectivity index (χ4v) is 3.90. The summed E-state index contributed by atoms with van der Waals surface area (Å²) in [5.74, 6) is -0.0350. The van der Waals surface area contributed by atoms with Gasteiger partial charge in [0, 0.05) is 31.0 Å². The quantitative estimate of drug-likeness (QED) is 0.511. The molecule has 1 aromatic heterocycles. The van der Waals surface area contributed by atoms with Crippen LogP contribution in [0.25, 0.3) is 0 Å². The standard InChI is InChI=1S/C20H29N5O2S/c1-3-4-5-10-25-15-21-23-20(25)28-16(2)19(26)22-17-6-8-18(9-7-17)24-11-13-27-14-12-24/h6-9,15-16H,3-5,10-14H2,1-2H3,(H,22,26)/t16-/m1/s1. The summed E-state index contributed by atoms with van der Waals surface area (Å²) in [6, 6.07) is 7.99. The van der Waals surface area contributed by atoms with Crippen LogP contribution in [0, 0.1) is 0 Å². The van der Waals surface area contributed by atoms with Gasteiger partial charge in [-0.2, -0.15) is 0 Å². The summed E-state index contributed by atoms with van der Waals surface area (Å²) in [6.07, 6.45) is 5.19. The Kier molecular flexibility index (Phi) is 7.73. The van der Waals surface area contributed by atoms with Crippen molar-refractivity contribution in [2.24, 2.45) is 0 Å². The number of rotatable bonds is 9. The smallest absolute Gasteiger partial charge is 0.237 e. The number of aromatic nitrogens is 3. The second-order valence-corrected chi connectivity index (χ2v) is 8.22. The fourth-order valence-electron chi connectivity index (χ4n) is 3.05. The lowest BCUT2D eigenvalue weighted by Crippen LogP contribution is -2.36. The van der Waals surface area contributed by atoms with Crippen LogP contribution >= 0.6 is 11.8 Å². The number of aryl methyl sites for hydroxylation is 1. The van der Waals surface area contributed by atoms with Crippen molar-refractivity contribution >= 4 is 29.0 Å². The van der Waals surface area contributed by atoms with Crippen LogP contribution in [0.15, 0.2) is 35.7 Å². The highest BCUT2D eigenvalue weighted by Gasteiger charge is 2.18. The third kappa shape index (κ3) is 5.72. The molecule has 2 heterocycles. The number of thioether (sulfide) groups is 1. The van der Waals surface area contributed by atoms with Crippen molar-refractivity contribution in [3.8, 4) is 0 Å². The van der Waals surface area contributed by atoms with Gasteiger partial charge in [-0.3, -0.25) is 4.79 Å². The van der Waals surface area contributed by atoms with Crippen molar-refractivity contribution in [1.82, 2.24) is 14.8 Å². The molecular weight excluding hydrogens is 374 g/mol. The van der Waals surface area contributed by atoms with Gasteiger partial charge in [0.25, 0.3) is 0 Å². The number of hydrogen-bond donors (Lipinski definition) is 1. The summed E-state index contributed by atoms with van der Waals surface area (Å²) in [7, 11) is 0. The summed E-state index contributed by atoms with van der Waals surface area (Å²) in [4.78, 5) is 14.9. The first-order valence-electron chi connectivity index (χ1n) is 9.95. The highest BCUT2D eigenvalue weighted by atomic mass is 32.2. The number of unbranched alkanes of at least 4 members (excludes halogenated alkanes) is 2. The zero-order chi connectivity index (χ0) is 19.8.